The van der Waals surface area contributed by atoms with E-state index >= 15 is 0 Å². The van der Waals surface area contributed by atoms with E-state index in [0.717, 1.165) is 15.4 Å². The first kappa shape index (κ1) is 17.0. The van der Waals surface area contributed by atoms with E-state index in [2.05, 4.69) is 20.9 Å². The number of carboxylic acid groups (broad SMARTS) is 1. The van der Waals surface area contributed by atoms with E-state index < -0.39 is 11.4 Å². The second kappa shape index (κ2) is 6.57. The minimum Gasteiger partial charge on any atom is -0.481 e. The minimum absolute atomic E-state index is 0.103. The maximum absolute atomic E-state index is 12.8. The Morgan fingerprint density at radius 2 is 2.21 bits per heavy atom. The maximum Gasteiger partial charge on any atom is 0.313 e. The number of amides is 1. The fourth-order valence-corrected chi connectivity index (χ4v) is 3.68. The third-order valence-electron chi connectivity index (χ3n) is 4.55. The summed E-state index contributed by atoms with van der Waals surface area (Å²) in [6.45, 7) is 0.816. The Hall–Kier alpha value is -1.86. The van der Waals surface area contributed by atoms with Gasteiger partial charge in [-0.05, 0) is 31.0 Å². The van der Waals surface area contributed by atoms with Crippen molar-refractivity contribution < 1.29 is 19.4 Å². The number of aliphatic carboxylic acids is 1. The lowest BCUT2D eigenvalue weighted by atomic mass is 9.80. The minimum atomic E-state index is -1.03. The summed E-state index contributed by atoms with van der Waals surface area (Å²) in [4.78, 5) is 29.3. The van der Waals surface area contributed by atoms with Gasteiger partial charge in [0.15, 0.2) is 0 Å². The van der Waals surface area contributed by atoms with Gasteiger partial charge in [-0.2, -0.15) is 0 Å². The fraction of sp³-hybridized carbons (Fsp3) is 0.412. The van der Waals surface area contributed by atoms with Gasteiger partial charge in [-0.15, -0.1) is 0 Å². The van der Waals surface area contributed by atoms with Crippen LogP contribution in [-0.4, -0.2) is 53.7 Å². The Kier molecular flexibility index (Phi) is 4.64. The molecular formula is C17H19BrN2O4. The summed E-state index contributed by atoms with van der Waals surface area (Å²) in [7, 11) is 1.49. The van der Waals surface area contributed by atoms with Crippen molar-refractivity contribution >= 4 is 38.7 Å². The Balaban J connectivity index is 1.86. The van der Waals surface area contributed by atoms with Gasteiger partial charge < -0.3 is 19.7 Å². The summed E-state index contributed by atoms with van der Waals surface area (Å²) in [5.41, 5.74) is 0.311. The van der Waals surface area contributed by atoms with Gasteiger partial charge in [0.05, 0.1) is 6.61 Å². The number of nitrogens with zero attached hydrogens (tertiary/aromatic N) is 1. The number of hydrogen-bond acceptors (Lipinski definition) is 3. The zero-order valence-electron chi connectivity index (χ0n) is 13.3. The van der Waals surface area contributed by atoms with Crippen molar-refractivity contribution in [2.24, 2.45) is 5.41 Å². The average Bonchev–Trinajstić information content (AvgIpc) is 2.97. The highest BCUT2D eigenvalue weighted by Crippen LogP contribution is 2.32. The summed E-state index contributed by atoms with van der Waals surface area (Å²) in [5.74, 6) is -1.09. The summed E-state index contributed by atoms with van der Waals surface area (Å²) in [5, 5.41) is 10.5. The molecule has 0 bridgehead atoms. The van der Waals surface area contributed by atoms with Crippen molar-refractivity contribution in [3.63, 3.8) is 0 Å². The number of aromatic amines is 1. The van der Waals surface area contributed by atoms with Crippen LogP contribution in [0, 0.1) is 5.41 Å². The van der Waals surface area contributed by atoms with Gasteiger partial charge in [-0.25, -0.2) is 0 Å². The number of piperidine rings is 1. The molecule has 1 aliphatic rings. The molecule has 1 unspecified atom stereocenters. The smallest absolute Gasteiger partial charge is 0.313 e. The molecule has 0 radical (unpaired) electrons. The van der Waals surface area contributed by atoms with Crippen LogP contribution in [0.1, 0.15) is 23.3 Å². The summed E-state index contributed by atoms with van der Waals surface area (Å²) >= 11 is 3.41. The van der Waals surface area contributed by atoms with E-state index in [-0.39, 0.29) is 19.1 Å². The van der Waals surface area contributed by atoms with E-state index in [1.54, 1.807) is 11.0 Å². The number of methoxy groups -OCH3 is 1. The first-order chi connectivity index (χ1) is 11.4. The number of carbonyl (C=O) groups excluding carboxylic acids is 1. The first-order valence-corrected chi connectivity index (χ1v) is 8.54. The number of aromatic nitrogens is 1. The van der Waals surface area contributed by atoms with Crippen LogP contribution in [0.5, 0.6) is 0 Å². The van der Waals surface area contributed by atoms with Gasteiger partial charge in [0.1, 0.15) is 11.1 Å². The van der Waals surface area contributed by atoms with Crippen LogP contribution in [0.2, 0.25) is 0 Å². The second-order valence-corrected chi connectivity index (χ2v) is 7.18. The van der Waals surface area contributed by atoms with E-state index in [9.17, 15) is 14.7 Å². The highest BCUT2D eigenvalue weighted by Gasteiger charge is 2.44. The number of likely N-dealkylation sites (tertiary alicyclic amines) is 1. The van der Waals surface area contributed by atoms with Gasteiger partial charge in [-0.3, -0.25) is 9.59 Å². The number of fused-ring (bicyclic) bond motifs is 1. The Morgan fingerprint density at radius 1 is 1.42 bits per heavy atom. The van der Waals surface area contributed by atoms with E-state index in [4.69, 9.17) is 4.74 Å². The molecule has 0 saturated carbocycles. The number of ether oxygens (including phenoxy) is 1. The number of carbonyl (C=O) groups is 2. The molecule has 128 valence electrons. The SMILES string of the molecule is COCC1(C(=O)O)CCCN(C(=O)c2cc3ccc(Br)cc3[nH]2)C1. The standard InChI is InChI=1S/C17H19BrN2O4/c1-24-10-17(16(22)23)5-2-6-20(9-17)15(21)14-7-11-3-4-12(18)8-13(11)19-14/h3-4,7-8,19H,2,5-6,9-10H2,1H3,(H,22,23). The first-order valence-electron chi connectivity index (χ1n) is 7.75. The summed E-state index contributed by atoms with van der Waals surface area (Å²) in [6, 6.07) is 7.56. The van der Waals surface area contributed by atoms with Crippen molar-refractivity contribution in [3.8, 4) is 0 Å². The predicted octanol–water partition coefficient (Wildman–Crippen LogP) is 2.88. The molecule has 7 heteroatoms. The van der Waals surface area contributed by atoms with Crippen molar-refractivity contribution in [2.75, 3.05) is 26.8 Å². The van der Waals surface area contributed by atoms with Crippen LogP contribution in [0.15, 0.2) is 28.7 Å². The van der Waals surface area contributed by atoms with Gasteiger partial charge in [0.2, 0.25) is 0 Å². The monoisotopic (exact) mass is 394 g/mol. The van der Waals surface area contributed by atoms with Crippen LogP contribution in [0.25, 0.3) is 10.9 Å². The van der Waals surface area contributed by atoms with Crippen LogP contribution in [0.4, 0.5) is 0 Å². The van der Waals surface area contributed by atoms with Crippen LogP contribution in [0.3, 0.4) is 0 Å². The number of nitrogens with one attached hydrogen (secondary N) is 1. The van der Waals surface area contributed by atoms with Crippen LogP contribution < -0.4 is 0 Å². The molecule has 6 nitrogen and oxygen atoms in total. The van der Waals surface area contributed by atoms with Gasteiger partial charge in [0.25, 0.3) is 5.91 Å². The molecule has 2 aromatic rings. The fourth-order valence-electron chi connectivity index (χ4n) is 3.32. The Labute approximate surface area is 147 Å². The molecular weight excluding hydrogens is 376 g/mol. The summed E-state index contributed by atoms with van der Waals surface area (Å²) in [6.07, 6.45) is 1.16. The number of hydrogen-bond donors (Lipinski definition) is 2. The third kappa shape index (κ3) is 3.06. The zero-order valence-corrected chi connectivity index (χ0v) is 14.9. The molecule has 0 spiro atoms. The van der Waals surface area contributed by atoms with E-state index in [1.165, 1.54) is 7.11 Å². The number of rotatable bonds is 4. The molecule has 1 amide bonds. The number of carboxylic acids is 1. The van der Waals surface area contributed by atoms with Gasteiger partial charge in [-0.1, -0.05) is 22.0 Å². The molecule has 1 aliphatic heterocycles. The third-order valence-corrected chi connectivity index (χ3v) is 5.05. The quantitative estimate of drug-likeness (QED) is 0.834. The number of H-pyrrole nitrogens is 1. The second-order valence-electron chi connectivity index (χ2n) is 6.26. The topological polar surface area (TPSA) is 82.6 Å². The normalized spacial score (nSPS) is 21.2. The largest absolute Gasteiger partial charge is 0.481 e. The Morgan fingerprint density at radius 3 is 2.92 bits per heavy atom. The van der Waals surface area contributed by atoms with Crippen molar-refractivity contribution in [2.45, 2.75) is 12.8 Å². The zero-order chi connectivity index (χ0) is 17.3. The summed E-state index contributed by atoms with van der Waals surface area (Å²) < 4.78 is 6.04. The number of halogens is 1. The lowest BCUT2D eigenvalue weighted by molar-refractivity contribution is -0.155. The molecule has 1 aromatic carbocycles. The lowest BCUT2D eigenvalue weighted by Gasteiger charge is -2.39. The molecule has 1 aromatic heterocycles. The van der Waals surface area contributed by atoms with E-state index in [1.807, 2.05) is 18.2 Å². The van der Waals surface area contributed by atoms with Crippen LogP contribution in [-0.2, 0) is 9.53 Å². The van der Waals surface area contributed by atoms with Gasteiger partial charge >= 0.3 is 5.97 Å². The average molecular weight is 395 g/mol. The molecule has 3 rings (SSSR count). The predicted molar refractivity (Wildman–Crippen MR) is 93.1 cm³/mol. The molecule has 1 saturated heterocycles. The van der Waals surface area contributed by atoms with Gasteiger partial charge in [0, 0.05) is 35.6 Å². The molecule has 0 aliphatic carbocycles. The number of benzene rings is 1. The van der Waals surface area contributed by atoms with Crippen LogP contribution >= 0.6 is 15.9 Å². The van der Waals surface area contributed by atoms with E-state index in [0.29, 0.717) is 25.1 Å². The molecule has 2 N–H and O–H groups in total. The van der Waals surface area contributed by atoms with Crippen molar-refractivity contribution in [3.05, 3.63) is 34.4 Å². The molecule has 1 atom stereocenters. The highest BCUT2D eigenvalue weighted by molar-refractivity contribution is 9.10. The van der Waals surface area contributed by atoms with Crippen molar-refractivity contribution in [1.29, 1.82) is 0 Å². The molecule has 2 heterocycles. The Bertz CT molecular complexity index is 784. The molecule has 1 fully saturated rings. The maximum atomic E-state index is 12.8. The highest BCUT2D eigenvalue weighted by atomic mass is 79.9. The van der Waals surface area contributed by atoms with Crippen molar-refractivity contribution in [1.82, 2.24) is 9.88 Å². The lowest BCUT2D eigenvalue weighted by Crippen LogP contribution is -2.52. The molecule has 24 heavy (non-hydrogen) atoms.